The molecule has 0 spiro atoms. The molecule has 3 aromatic rings. The number of aromatic nitrogens is 3. The highest BCUT2D eigenvalue weighted by molar-refractivity contribution is 9.10. The topological polar surface area (TPSA) is 66.0 Å². The van der Waals surface area contributed by atoms with Crippen LogP contribution in [-0.4, -0.2) is 21.6 Å². The highest BCUT2D eigenvalue weighted by Crippen LogP contribution is 2.27. The Kier molecular flexibility index (Phi) is 2.87. The smallest absolute Gasteiger partial charge is 0.227 e. The number of nitrogens with two attached hydrogens (primary N) is 1. The van der Waals surface area contributed by atoms with Gasteiger partial charge in [0, 0.05) is 16.4 Å². The summed E-state index contributed by atoms with van der Waals surface area (Å²) in [6.07, 6.45) is 1.92. The molecule has 6 heteroatoms. The van der Waals surface area contributed by atoms with Crippen molar-refractivity contribution >= 4 is 32.9 Å². The van der Waals surface area contributed by atoms with Gasteiger partial charge >= 0.3 is 0 Å². The summed E-state index contributed by atoms with van der Waals surface area (Å²) < 4.78 is 8.17. The SMILES string of the molecule is COc1nc(N)nc2c1ccn2-c1cccc(Br)c1. The highest BCUT2D eigenvalue weighted by atomic mass is 79.9. The van der Waals surface area contributed by atoms with Crippen LogP contribution in [0.4, 0.5) is 5.95 Å². The lowest BCUT2D eigenvalue weighted by molar-refractivity contribution is 0.403. The third-order valence-electron chi connectivity index (χ3n) is 2.81. The van der Waals surface area contributed by atoms with E-state index in [0.29, 0.717) is 5.88 Å². The van der Waals surface area contributed by atoms with E-state index in [9.17, 15) is 0 Å². The van der Waals surface area contributed by atoms with Gasteiger partial charge in [-0.3, -0.25) is 0 Å². The Bertz CT molecular complexity index is 753. The second kappa shape index (κ2) is 4.55. The molecule has 2 aromatic heterocycles. The first kappa shape index (κ1) is 12.0. The van der Waals surface area contributed by atoms with Crippen molar-refractivity contribution in [3.05, 3.63) is 41.0 Å². The second-order valence-corrected chi connectivity index (χ2v) is 4.91. The van der Waals surface area contributed by atoms with Gasteiger partial charge < -0.3 is 15.0 Å². The number of nitrogen functional groups attached to an aromatic ring is 1. The zero-order valence-corrected chi connectivity index (χ0v) is 11.8. The molecule has 0 aliphatic rings. The first-order valence-corrected chi connectivity index (χ1v) is 6.43. The number of hydrogen-bond donors (Lipinski definition) is 1. The van der Waals surface area contributed by atoms with Crippen LogP contribution in [0.1, 0.15) is 0 Å². The standard InChI is InChI=1S/C13H11BrN4O/c1-19-12-10-5-6-18(11(10)16-13(15)17-12)9-4-2-3-8(14)7-9/h2-7H,1H3,(H2,15,16,17). The summed E-state index contributed by atoms with van der Waals surface area (Å²) in [5.41, 5.74) is 7.43. The van der Waals surface area contributed by atoms with Crippen LogP contribution in [0.3, 0.4) is 0 Å². The average molecular weight is 319 g/mol. The van der Waals surface area contributed by atoms with E-state index in [1.807, 2.05) is 41.1 Å². The normalized spacial score (nSPS) is 10.8. The molecule has 0 unspecified atom stereocenters. The van der Waals surface area contributed by atoms with Crippen molar-refractivity contribution < 1.29 is 4.74 Å². The number of methoxy groups -OCH3 is 1. The van der Waals surface area contributed by atoms with Crippen LogP contribution >= 0.6 is 15.9 Å². The second-order valence-electron chi connectivity index (χ2n) is 3.99. The van der Waals surface area contributed by atoms with Gasteiger partial charge in [-0.1, -0.05) is 22.0 Å². The largest absolute Gasteiger partial charge is 0.480 e. The minimum Gasteiger partial charge on any atom is -0.480 e. The molecule has 0 atom stereocenters. The van der Waals surface area contributed by atoms with Gasteiger partial charge in [0.25, 0.3) is 0 Å². The summed E-state index contributed by atoms with van der Waals surface area (Å²) in [4.78, 5) is 8.35. The summed E-state index contributed by atoms with van der Waals surface area (Å²) in [6, 6.07) is 9.85. The van der Waals surface area contributed by atoms with Gasteiger partial charge in [0.2, 0.25) is 11.8 Å². The molecule has 0 fully saturated rings. The number of ether oxygens (including phenoxy) is 1. The maximum absolute atomic E-state index is 5.71. The molecule has 0 radical (unpaired) electrons. The van der Waals surface area contributed by atoms with E-state index in [0.717, 1.165) is 21.2 Å². The molecule has 0 amide bonds. The Morgan fingerprint density at radius 2 is 2.11 bits per heavy atom. The molecule has 0 saturated carbocycles. The molecule has 5 nitrogen and oxygen atoms in total. The Balaban J connectivity index is 2.28. The van der Waals surface area contributed by atoms with E-state index in [4.69, 9.17) is 10.5 Å². The van der Waals surface area contributed by atoms with Gasteiger partial charge in [0.05, 0.1) is 12.5 Å². The molecule has 0 aliphatic carbocycles. The minimum atomic E-state index is 0.194. The Hall–Kier alpha value is -2.08. The van der Waals surface area contributed by atoms with Crippen molar-refractivity contribution in [3.8, 4) is 11.6 Å². The lowest BCUT2D eigenvalue weighted by Crippen LogP contribution is -2.01. The zero-order chi connectivity index (χ0) is 13.4. The Labute approximate surface area is 118 Å². The molecular formula is C13H11BrN4O. The molecule has 96 valence electrons. The molecule has 0 saturated heterocycles. The molecule has 1 aromatic carbocycles. The molecule has 3 rings (SSSR count). The van der Waals surface area contributed by atoms with Gasteiger partial charge in [-0.2, -0.15) is 9.97 Å². The van der Waals surface area contributed by atoms with Crippen LogP contribution in [-0.2, 0) is 0 Å². The number of hydrogen-bond acceptors (Lipinski definition) is 4. The van der Waals surface area contributed by atoms with Crippen molar-refractivity contribution in [2.24, 2.45) is 0 Å². The summed E-state index contributed by atoms with van der Waals surface area (Å²) in [7, 11) is 1.57. The highest BCUT2D eigenvalue weighted by Gasteiger charge is 2.11. The van der Waals surface area contributed by atoms with Crippen LogP contribution in [0, 0.1) is 0 Å². The number of benzene rings is 1. The fraction of sp³-hybridized carbons (Fsp3) is 0.0769. The summed E-state index contributed by atoms with van der Waals surface area (Å²) in [5.74, 6) is 0.676. The summed E-state index contributed by atoms with van der Waals surface area (Å²) in [6.45, 7) is 0. The van der Waals surface area contributed by atoms with Crippen molar-refractivity contribution in [1.82, 2.24) is 14.5 Å². The van der Waals surface area contributed by atoms with Gasteiger partial charge in [0.1, 0.15) is 0 Å². The van der Waals surface area contributed by atoms with E-state index in [1.165, 1.54) is 0 Å². The van der Waals surface area contributed by atoms with Crippen molar-refractivity contribution in [3.63, 3.8) is 0 Å². The van der Waals surface area contributed by atoms with E-state index in [1.54, 1.807) is 7.11 Å². The Morgan fingerprint density at radius 1 is 1.26 bits per heavy atom. The predicted molar refractivity (Wildman–Crippen MR) is 77.5 cm³/mol. The van der Waals surface area contributed by atoms with Gasteiger partial charge in [-0.15, -0.1) is 0 Å². The quantitative estimate of drug-likeness (QED) is 0.789. The lowest BCUT2D eigenvalue weighted by atomic mass is 10.3. The van der Waals surface area contributed by atoms with Gasteiger partial charge in [-0.05, 0) is 24.3 Å². The zero-order valence-electron chi connectivity index (χ0n) is 10.2. The van der Waals surface area contributed by atoms with E-state index >= 15 is 0 Å². The maximum atomic E-state index is 5.71. The monoisotopic (exact) mass is 318 g/mol. The first-order valence-electron chi connectivity index (χ1n) is 5.63. The molecular weight excluding hydrogens is 308 g/mol. The number of halogens is 1. The molecule has 19 heavy (non-hydrogen) atoms. The average Bonchev–Trinajstić information content (AvgIpc) is 2.81. The van der Waals surface area contributed by atoms with Crippen molar-refractivity contribution in [1.29, 1.82) is 0 Å². The maximum Gasteiger partial charge on any atom is 0.227 e. The summed E-state index contributed by atoms with van der Waals surface area (Å²) in [5, 5.41) is 0.830. The lowest BCUT2D eigenvalue weighted by Gasteiger charge is -2.07. The fourth-order valence-electron chi connectivity index (χ4n) is 1.99. The van der Waals surface area contributed by atoms with Crippen molar-refractivity contribution in [2.45, 2.75) is 0 Å². The van der Waals surface area contributed by atoms with Crippen LogP contribution in [0.15, 0.2) is 41.0 Å². The van der Waals surface area contributed by atoms with Gasteiger partial charge in [0.15, 0.2) is 5.65 Å². The number of nitrogens with zero attached hydrogens (tertiary/aromatic N) is 3. The van der Waals surface area contributed by atoms with Crippen LogP contribution in [0.25, 0.3) is 16.7 Å². The Morgan fingerprint density at radius 3 is 2.84 bits per heavy atom. The molecule has 2 heterocycles. The summed E-state index contributed by atoms with van der Waals surface area (Å²) >= 11 is 3.46. The third-order valence-corrected chi connectivity index (χ3v) is 3.30. The van der Waals surface area contributed by atoms with Crippen molar-refractivity contribution in [2.75, 3.05) is 12.8 Å². The van der Waals surface area contributed by atoms with E-state index < -0.39 is 0 Å². The van der Waals surface area contributed by atoms with Crippen LogP contribution in [0.2, 0.25) is 0 Å². The minimum absolute atomic E-state index is 0.194. The third kappa shape index (κ3) is 2.04. The van der Waals surface area contributed by atoms with E-state index in [2.05, 4.69) is 25.9 Å². The molecule has 0 bridgehead atoms. The van der Waals surface area contributed by atoms with Crippen LogP contribution in [0.5, 0.6) is 5.88 Å². The number of anilines is 1. The van der Waals surface area contributed by atoms with Crippen LogP contribution < -0.4 is 10.5 Å². The fourth-order valence-corrected chi connectivity index (χ4v) is 2.38. The number of fused-ring (bicyclic) bond motifs is 1. The molecule has 0 aliphatic heterocycles. The first-order chi connectivity index (χ1) is 9.19. The van der Waals surface area contributed by atoms with E-state index in [-0.39, 0.29) is 5.95 Å². The van der Waals surface area contributed by atoms with Gasteiger partial charge in [-0.25, -0.2) is 0 Å². The molecule has 2 N–H and O–H groups in total. The number of rotatable bonds is 2. The predicted octanol–water partition coefficient (Wildman–Crippen LogP) is 2.77.